The summed E-state index contributed by atoms with van der Waals surface area (Å²) in [6, 6.07) is 8.87. The lowest BCUT2D eigenvalue weighted by molar-refractivity contribution is -0.128. The molecule has 1 fully saturated rings. The normalized spacial score (nSPS) is 16.4. The summed E-state index contributed by atoms with van der Waals surface area (Å²) < 4.78 is 16.4. The SMILES string of the molecule is CCOc1ccc(NC(=O)C2CC(=O)N(Cc3ccco3)C2)cc1OCC. The summed E-state index contributed by atoms with van der Waals surface area (Å²) in [5.41, 5.74) is 0.615. The molecule has 3 rings (SSSR count). The Balaban J connectivity index is 1.63. The van der Waals surface area contributed by atoms with E-state index in [2.05, 4.69) is 5.32 Å². The van der Waals surface area contributed by atoms with Crippen LogP contribution in [0.1, 0.15) is 26.0 Å². The van der Waals surface area contributed by atoms with Crippen LogP contribution in [0, 0.1) is 5.92 Å². The van der Waals surface area contributed by atoms with Gasteiger partial charge < -0.3 is 24.1 Å². The second-order valence-corrected chi connectivity index (χ2v) is 6.27. The van der Waals surface area contributed by atoms with Crippen LogP contribution >= 0.6 is 0 Å². The van der Waals surface area contributed by atoms with Crippen LogP contribution in [-0.4, -0.2) is 36.5 Å². The quantitative estimate of drug-likeness (QED) is 0.770. The van der Waals surface area contributed by atoms with E-state index < -0.39 is 5.92 Å². The number of likely N-dealkylation sites (tertiary alicyclic amines) is 1. The number of hydrogen-bond donors (Lipinski definition) is 1. The van der Waals surface area contributed by atoms with E-state index in [0.29, 0.717) is 49.2 Å². The van der Waals surface area contributed by atoms with Gasteiger partial charge in [-0.3, -0.25) is 9.59 Å². The number of ether oxygens (including phenoxy) is 2. The molecule has 7 heteroatoms. The van der Waals surface area contributed by atoms with Gasteiger partial charge in [-0.25, -0.2) is 0 Å². The molecule has 1 aliphatic heterocycles. The van der Waals surface area contributed by atoms with Gasteiger partial charge in [0.15, 0.2) is 11.5 Å². The molecule has 27 heavy (non-hydrogen) atoms. The monoisotopic (exact) mass is 372 g/mol. The van der Waals surface area contributed by atoms with Crippen molar-refractivity contribution in [3.8, 4) is 11.5 Å². The largest absolute Gasteiger partial charge is 0.490 e. The molecule has 1 N–H and O–H groups in total. The molecule has 1 atom stereocenters. The lowest BCUT2D eigenvalue weighted by Crippen LogP contribution is -2.27. The van der Waals surface area contributed by atoms with E-state index >= 15 is 0 Å². The highest BCUT2D eigenvalue weighted by Crippen LogP contribution is 2.31. The summed E-state index contributed by atoms with van der Waals surface area (Å²) in [7, 11) is 0. The molecule has 0 spiro atoms. The predicted octanol–water partition coefficient (Wildman–Crippen LogP) is 3.06. The van der Waals surface area contributed by atoms with E-state index in [4.69, 9.17) is 13.9 Å². The van der Waals surface area contributed by atoms with Gasteiger partial charge >= 0.3 is 0 Å². The Bertz CT molecular complexity index is 788. The maximum Gasteiger partial charge on any atom is 0.229 e. The van der Waals surface area contributed by atoms with E-state index in [1.807, 2.05) is 19.9 Å². The third-order valence-corrected chi connectivity index (χ3v) is 4.32. The first-order chi connectivity index (χ1) is 13.1. The van der Waals surface area contributed by atoms with Gasteiger partial charge in [0.25, 0.3) is 0 Å². The lowest BCUT2D eigenvalue weighted by atomic mass is 10.1. The zero-order valence-electron chi connectivity index (χ0n) is 15.6. The molecule has 2 heterocycles. The average molecular weight is 372 g/mol. The maximum atomic E-state index is 12.6. The second-order valence-electron chi connectivity index (χ2n) is 6.27. The number of rotatable bonds is 8. The van der Waals surface area contributed by atoms with E-state index in [1.165, 1.54) is 0 Å². The van der Waals surface area contributed by atoms with Gasteiger partial charge in [-0.2, -0.15) is 0 Å². The van der Waals surface area contributed by atoms with Crippen LogP contribution in [0.5, 0.6) is 11.5 Å². The smallest absolute Gasteiger partial charge is 0.229 e. The highest BCUT2D eigenvalue weighted by molar-refractivity contribution is 5.97. The molecule has 0 radical (unpaired) electrons. The Labute approximate surface area is 158 Å². The average Bonchev–Trinajstić information content (AvgIpc) is 3.28. The fourth-order valence-electron chi connectivity index (χ4n) is 3.06. The first kappa shape index (κ1) is 18.8. The number of nitrogens with one attached hydrogen (secondary N) is 1. The lowest BCUT2D eigenvalue weighted by Gasteiger charge is -2.16. The predicted molar refractivity (Wildman–Crippen MR) is 99.6 cm³/mol. The molecule has 1 aliphatic rings. The number of furan rings is 1. The fraction of sp³-hybridized carbons (Fsp3) is 0.400. The van der Waals surface area contributed by atoms with Crippen LogP contribution in [0.25, 0.3) is 0 Å². The number of carbonyl (C=O) groups is 2. The Hall–Kier alpha value is -2.96. The summed E-state index contributed by atoms with van der Waals surface area (Å²) in [4.78, 5) is 26.4. The van der Waals surface area contributed by atoms with Crippen LogP contribution in [0.4, 0.5) is 5.69 Å². The molecule has 7 nitrogen and oxygen atoms in total. The maximum absolute atomic E-state index is 12.6. The van der Waals surface area contributed by atoms with E-state index in [9.17, 15) is 9.59 Å². The molecular weight excluding hydrogens is 348 g/mol. The highest BCUT2D eigenvalue weighted by atomic mass is 16.5. The number of hydrogen-bond acceptors (Lipinski definition) is 5. The minimum Gasteiger partial charge on any atom is -0.490 e. The fourth-order valence-corrected chi connectivity index (χ4v) is 3.06. The van der Waals surface area contributed by atoms with Gasteiger partial charge in [-0.05, 0) is 38.1 Å². The third kappa shape index (κ3) is 4.61. The van der Waals surface area contributed by atoms with Crippen LogP contribution in [0.15, 0.2) is 41.0 Å². The van der Waals surface area contributed by atoms with Gasteiger partial charge in [-0.1, -0.05) is 0 Å². The molecule has 1 aromatic heterocycles. The van der Waals surface area contributed by atoms with Crippen molar-refractivity contribution in [2.24, 2.45) is 5.92 Å². The molecule has 0 bridgehead atoms. The minimum absolute atomic E-state index is 0.0479. The number of anilines is 1. The number of carbonyl (C=O) groups excluding carboxylic acids is 2. The van der Waals surface area contributed by atoms with E-state index in [-0.39, 0.29) is 18.2 Å². The standard InChI is InChI=1S/C20H24N2O5/c1-3-25-17-8-7-15(11-18(17)26-4-2)21-20(24)14-10-19(23)22(12-14)13-16-6-5-9-27-16/h5-9,11,14H,3-4,10,12-13H2,1-2H3,(H,21,24). The third-order valence-electron chi connectivity index (χ3n) is 4.32. The van der Waals surface area contributed by atoms with Crippen molar-refractivity contribution in [1.82, 2.24) is 4.90 Å². The van der Waals surface area contributed by atoms with Crippen LogP contribution in [0.2, 0.25) is 0 Å². The van der Waals surface area contributed by atoms with Gasteiger partial charge in [-0.15, -0.1) is 0 Å². The topological polar surface area (TPSA) is 81.0 Å². The molecule has 0 aliphatic carbocycles. The summed E-state index contributed by atoms with van der Waals surface area (Å²) in [5.74, 6) is 1.30. The van der Waals surface area contributed by atoms with Crippen molar-refractivity contribution in [2.45, 2.75) is 26.8 Å². The first-order valence-corrected chi connectivity index (χ1v) is 9.11. The molecule has 2 amide bonds. The molecule has 144 valence electrons. The second kappa shape index (κ2) is 8.62. The van der Waals surface area contributed by atoms with E-state index in [0.717, 1.165) is 0 Å². The molecular formula is C20H24N2O5. The van der Waals surface area contributed by atoms with Gasteiger partial charge in [0.2, 0.25) is 11.8 Å². The Morgan fingerprint density at radius 2 is 2.00 bits per heavy atom. The Kier molecular flexibility index (Phi) is 6.01. The number of amides is 2. The van der Waals surface area contributed by atoms with Crippen molar-refractivity contribution in [3.05, 3.63) is 42.4 Å². The van der Waals surface area contributed by atoms with Crippen molar-refractivity contribution in [3.63, 3.8) is 0 Å². The van der Waals surface area contributed by atoms with Crippen molar-refractivity contribution in [2.75, 3.05) is 25.1 Å². The summed E-state index contributed by atoms with van der Waals surface area (Å²) in [5, 5.41) is 2.88. The zero-order chi connectivity index (χ0) is 19.2. The molecule has 1 aromatic carbocycles. The van der Waals surface area contributed by atoms with Gasteiger partial charge in [0, 0.05) is 24.7 Å². The molecule has 0 saturated carbocycles. The van der Waals surface area contributed by atoms with Crippen LogP contribution < -0.4 is 14.8 Å². The number of nitrogens with zero attached hydrogens (tertiary/aromatic N) is 1. The molecule has 1 saturated heterocycles. The Morgan fingerprint density at radius 3 is 2.70 bits per heavy atom. The number of benzene rings is 1. The summed E-state index contributed by atoms with van der Waals surface area (Å²) in [6.45, 7) is 5.57. The first-order valence-electron chi connectivity index (χ1n) is 9.11. The van der Waals surface area contributed by atoms with Crippen LogP contribution in [-0.2, 0) is 16.1 Å². The van der Waals surface area contributed by atoms with Gasteiger partial charge in [0.05, 0.1) is 31.9 Å². The van der Waals surface area contributed by atoms with Crippen molar-refractivity contribution >= 4 is 17.5 Å². The van der Waals surface area contributed by atoms with Crippen LogP contribution in [0.3, 0.4) is 0 Å². The highest BCUT2D eigenvalue weighted by Gasteiger charge is 2.34. The van der Waals surface area contributed by atoms with E-state index in [1.54, 1.807) is 35.4 Å². The summed E-state index contributed by atoms with van der Waals surface area (Å²) >= 11 is 0. The molecule has 1 unspecified atom stereocenters. The molecule has 2 aromatic rings. The van der Waals surface area contributed by atoms with Gasteiger partial charge in [0.1, 0.15) is 5.76 Å². The zero-order valence-corrected chi connectivity index (χ0v) is 15.6. The summed E-state index contributed by atoms with van der Waals surface area (Å²) in [6.07, 6.45) is 1.77. The minimum atomic E-state index is -0.394. The van der Waals surface area contributed by atoms with Crippen molar-refractivity contribution < 1.29 is 23.5 Å². The van der Waals surface area contributed by atoms with Crippen molar-refractivity contribution in [1.29, 1.82) is 0 Å². The Morgan fingerprint density at radius 1 is 1.22 bits per heavy atom.